The average Bonchev–Trinajstić information content (AvgIpc) is 2.98. The van der Waals surface area contributed by atoms with Crippen LogP contribution in [0.5, 0.6) is 0 Å². The number of nitrogens with zero attached hydrogens (tertiary/aromatic N) is 1. The van der Waals surface area contributed by atoms with Gasteiger partial charge in [0.2, 0.25) is 10.0 Å². The van der Waals surface area contributed by atoms with Crippen molar-refractivity contribution >= 4 is 32.7 Å². The number of thiazole rings is 1. The van der Waals surface area contributed by atoms with Crippen LogP contribution >= 0.6 is 22.7 Å². The van der Waals surface area contributed by atoms with Gasteiger partial charge in [-0.15, -0.1) is 22.7 Å². The average molecular weight is 318 g/mol. The SMILES string of the molecule is Cc1csc(CCNS(=O)(=O)c2ccc(CO)s2)n1. The maximum absolute atomic E-state index is 12.0. The van der Waals surface area contributed by atoms with Crippen LogP contribution in [0.4, 0.5) is 0 Å². The van der Waals surface area contributed by atoms with Crippen molar-refractivity contribution in [2.45, 2.75) is 24.2 Å². The maximum Gasteiger partial charge on any atom is 0.250 e. The summed E-state index contributed by atoms with van der Waals surface area (Å²) in [6.45, 7) is 2.09. The van der Waals surface area contributed by atoms with Crippen molar-refractivity contribution in [3.8, 4) is 0 Å². The number of aliphatic hydroxyl groups is 1. The maximum atomic E-state index is 12.0. The van der Waals surface area contributed by atoms with Gasteiger partial charge in [-0.2, -0.15) is 0 Å². The second kappa shape index (κ2) is 6.10. The first kappa shape index (κ1) is 14.6. The third kappa shape index (κ3) is 3.83. The van der Waals surface area contributed by atoms with Gasteiger partial charge in [0, 0.05) is 28.9 Å². The molecule has 8 heteroatoms. The van der Waals surface area contributed by atoms with Crippen LogP contribution in [0.25, 0.3) is 0 Å². The molecule has 0 fully saturated rings. The quantitative estimate of drug-likeness (QED) is 0.846. The van der Waals surface area contributed by atoms with Crippen molar-refractivity contribution in [3.05, 3.63) is 33.1 Å². The van der Waals surface area contributed by atoms with Crippen LogP contribution in [0.2, 0.25) is 0 Å². The summed E-state index contributed by atoms with van der Waals surface area (Å²) in [6.07, 6.45) is 0.579. The van der Waals surface area contributed by atoms with Crippen molar-refractivity contribution < 1.29 is 13.5 Å². The molecule has 2 aromatic heterocycles. The van der Waals surface area contributed by atoms with Gasteiger partial charge in [-0.3, -0.25) is 0 Å². The van der Waals surface area contributed by atoms with Crippen molar-refractivity contribution in [3.63, 3.8) is 0 Å². The number of sulfonamides is 1. The molecule has 104 valence electrons. The van der Waals surface area contributed by atoms with Crippen molar-refractivity contribution in [2.75, 3.05) is 6.54 Å². The fraction of sp³-hybridized carbons (Fsp3) is 0.364. The lowest BCUT2D eigenvalue weighted by Crippen LogP contribution is -2.25. The zero-order valence-electron chi connectivity index (χ0n) is 10.3. The fourth-order valence-corrected chi connectivity index (χ4v) is 4.54. The van der Waals surface area contributed by atoms with E-state index >= 15 is 0 Å². The molecule has 0 amide bonds. The van der Waals surface area contributed by atoms with Crippen LogP contribution in [-0.2, 0) is 23.1 Å². The largest absolute Gasteiger partial charge is 0.391 e. The summed E-state index contributed by atoms with van der Waals surface area (Å²) < 4.78 is 26.7. The Balaban J connectivity index is 1.94. The summed E-state index contributed by atoms with van der Waals surface area (Å²) >= 11 is 2.60. The number of aliphatic hydroxyl groups excluding tert-OH is 1. The van der Waals surface area contributed by atoms with Gasteiger partial charge in [0.15, 0.2) is 0 Å². The zero-order chi connectivity index (χ0) is 13.9. The molecule has 0 saturated heterocycles. The molecule has 0 aliphatic carbocycles. The molecule has 0 radical (unpaired) electrons. The molecule has 0 aromatic carbocycles. The first-order valence-corrected chi connectivity index (χ1v) is 8.79. The molecule has 0 spiro atoms. The van der Waals surface area contributed by atoms with E-state index in [1.165, 1.54) is 17.4 Å². The van der Waals surface area contributed by atoms with Crippen LogP contribution in [-0.4, -0.2) is 25.1 Å². The Kier molecular flexibility index (Phi) is 4.69. The van der Waals surface area contributed by atoms with E-state index in [4.69, 9.17) is 5.11 Å². The highest BCUT2D eigenvalue weighted by molar-refractivity contribution is 7.91. The Morgan fingerprint density at radius 1 is 1.42 bits per heavy atom. The number of thiophene rings is 1. The van der Waals surface area contributed by atoms with Crippen LogP contribution in [0.1, 0.15) is 15.6 Å². The lowest BCUT2D eigenvalue weighted by atomic mass is 10.4. The second-order valence-corrected chi connectivity index (χ2v) is 8.01. The topological polar surface area (TPSA) is 79.3 Å². The van der Waals surface area contributed by atoms with E-state index in [9.17, 15) is 8.42 Å². The Hall–Kier alpha value is -0.800. The third-order valence-corrected chi connectivity index (χ3v) is 6.40. The molecular formula is C11H14N2O3S3. The first-order chi connectivity index (χ1) is 9.01. The number of aryl methyl sites for hydroxylation is 1. The Bertz CT molecular complexity index is 646. The summed E-state index contributed by atoms with van der Waals surface area (Å²) in [5, 5.41) is 11.8. The van der Waals surface area contributed by atoms with Crippen molar-refractivity contribution in [1.29, 1.82) is 0 Å². The lowest BCUT2D eigenvalue weighted by molar-refractivity contribution is 0.285. The Labute approximate surface area is 120 Å². The van der Waals surface area contributed by atoms with Crippen LogP contribution in [0.3, 0.4) is 0 Å². The summed E-state index contributed by atoms with van der Waals surface area (Å²) in [4.78, 5) is 4.91. The van der Waals surface area contributed by atoms with Gasteiger partial charge < -0.3 is 5.11 Å². The molecule has 2 N–H and O–H groups in total. The van der Waals surface area contributed by atoms with E-state index in [2.05, 4.69) is 9.71 Å². The highest BCUT2D eigenvalue weighted by Gasteiger charge is 2.16. The van der Waals surface area contributed by atoms with Gasteiger partial charge in [0.1, 0.15) is 4.21 Å². The van der Waals surface area contributed by atoms with Crippen molar-refractivity contribution in [1.82, 2.24) is 9.71 Å². The van der Waals surface area contributed by atoms with Crippen molar-refractivity contribution in [2.24, 2.45) is 0 Å². The zero-order valence-corrected chi connectivity index (χ0v) is 12.7. The first-order valence-electron chi connectivity index (χ1n) is 5.61. The van der Waals surface area contributed by atoms with Gasteiger partial charge >= 0.3 is 0 Å². The minimum Gasteiger partial charge on any atom is -0.391 e. The predicted molar refractivity (Wildman–Crippen MR) is 76.0 cm³/mol. The molecule has 0 aliphatic rings. The third-order valence-electron chi connectivity index (χ3n) is 2.36. The van der Waals surface area contributed by atoms with E-state index in [1.807, 2.05) is 12.3 Å². The minimum absolute atomic E-state index is 0.140. The highest BCUT2D eigenvalue weighted by Crippen LogP contribution is 2.21. The van der Waals surface area contributed by atoms with Gasteiger partial charge in [0.25, 0.3) is 0 Å². The molecule has 0 aliphatic heterocycles. The second-order valence-electron chi connectivity index (χ2n) is 3.91. The highest BCUT2D eigenvalue weighted by atomic mass is 32.2. The fourth-order valence-electron chi connectivity index (χ4n) is 1.47. The molecule has 2 rings (SSSR count). The molecule has 0 saturated carbocycles. The lowest BCUT2D eigenvalue weighted by Gasteiger charge is -2.02. The molecule has 0 bridgehead atoms. The normalized spacial score (nSPS) is 11.9. The summed E-state index contributed by atoms with van der Waals surface area (Å²) in [6, 6.07) is 3.12. The van der Waals surface area contributed by atoms with Crippen LogP contribution < -0.4 is 4.72 Å². The van der Waals surface area contributed by atoms with Gasteiger partial charge in [0.05, 0.1) is 11.6 Å². The molecule has 2 heterocycles. The molecule has 0 unspecified atom stereocenters. The van der Waals surface area contributed by atoms with E-state index in [0.717, 1.165) is 22.0 Å². The number of hydrogen-bond acceptors (Lipinski definition) is 6. The molecule has 0 atom stereocenters. The van der Waals surface area contributed by atoms with Gasteiger partial charge in [-0.25, -0.2) is 18.1 Å². The molecule has 2 aromatic rings. The van der Waals surface area contributed by atoms with Crippen LogP contribution in [0, 0.1) is 6.92 Å². The van der Waals surface area contributed by atoms with E-state index in [1.54, 1.807) is 6.07 Å². The smallest absolute Gasteiger partial charge is 0.250 e. The van der Waals surface area contributed by atoms with E-state index < -0.39 is 10.0 Å². The van der Waals surface area contributed by atoms with E-state index in [0.29, 0.717) is 17.8 Å². The minimum atomic E-state index is -3.48. The molecular weight excluding hydrogens is 304 g/mol. The molecule has 19 heavy (non-hydrogen) atoms. The predicted octanol–water partition coefficient (Wildman–Crippen LogP) is 1.53. The number of rotatable bonds is 6. The monoisotopic (exact) mass is 318 g/mol. The Morgan fingerprint density at radius 2 is 2.21 bits per heavy atom. The number of hydrogen-bond donors (Lipinski definition) is 2. The van der Waals surface area contributed by atoms with Crippen LogP contribution in [0.15, 0.2) is 21.7 Å². The molecule has 5 nitrogen and oxygen atoms in total. The van der Waals surface area contributed by atoms with Gasteiger partial charge in [-0.1, -0.05) is 0 Å². The standard InChI is InChI=1S/C11H14N2O3S3/c1-8-7-17-10(13-8)4-5-12-19(15,16)11-3-2-9(6-14)18-11/h2-3,7,12,14H,4-6H2,1H3. The number of nitrogens with one attached hydrogen (secondary N) is 1. The summed E-state index contributed by atoms with van der Waals surface area (Å²) in [5.41, 5.74) is 0.953. The Morgan fingerprint density at radius 3 is 2.79 bits per heavy atom. The van der Waals surface area contributed by atoms with Gasteiger partial charge in [-0.05, 0) is 19.1 Å². The van der Waals surface area contributed by atoms with E-state index in [-0.39, 0.29) is 10.8 Å². The summed E-state index contributed by atoms with van der Waals surface area (Å²) in [5.74, 6) is 0. The summed E-state index contributed by atoms with van der Waals surface area (Å²) in [7, 11) is -3.48. The number of aromatic nitrogens is 1.